The van der Waals surface area contributed by atoms with Crippen LogP contribution in [0.25, 0.3) is 0 Å². The Morgan fingerprint density at radius 2 is 2.22 bits per heavy atom. The lowest BCUT2D eigenvalue weighted by Gasteiger charge is -2.33. The summed E-state index contributed by atoms with van der Waals surface area (Å²) in [5.41, 5.74) is -1.32. The first-order valence-electron chi connectivity index (χ1n) is 9.44. The average molecular weight is 392 g/mol. The second kappa shape index (κ2) is 7.36. The Hall–Kier alpha value is -1.73. The van der Waals surface area contributed by atoms with E-state index in [0.717, 1.165) is 4.88 Å². The van der Waals surface area contributed by atoms with Crippen LogP contribution in [-0.2, 0) is 9.53 Å². The van der Waals surface area contributed by atoms with Crippen LogP contribution in [0.1, 0.15) is 76.0 Å². The molecular formula is C20H29N3O3S. The number of carbonyl (C=O) groups is 1. The van der Waals surface area contributed by atoms with E-state index in [1.807, 2.05) is 39.1 Å². The van der Waals surface area contributed by atoms with Gasteiger partial charge in [-0.15, -0.1) is 11.3 Å². The average Bonchev–Trinajstić information content (AvgIpc) is 3.23. The van der Waals surface area contributed by atoms with Gasteiger partial charge >= 0.3 is 5.97 Å². The van der Waals surface area contributed by atoms with Crippen molar-refractivity contribution in [2.45, 2.75) is 77.5 Å². The molecule has 27 heavy (non-hydrogen) atoms. The van der Waals surface area contributed by atoms with Crippen LogP contribution < -0.4 is 5.32 Å². The summed E-state index contributed by atoms with van der Waals surface area (Å²) in [6.07, 6.45) is 1.26. The quantitative estimate of drug-likeness (QED) is 0.762. The molecule has 7 heteroatoms. The molecule has 2 aromatic heterocycles. The Kier molecular flexibility index (Phi) is 5.45. The molecule has 148 valence electrons. The number of rotatable bonds is 5. The molecule has 1 aliphatic heterocycles. The summed E-state index contributed by atoms with van der Waals surface area (Å²) in [6, 6.07) is 4.04. The number of aromatic nitrogens is 2. The number of nitrogens with one attached hydrogen (secondary N) is 1. The molecule has 1 saturated heterocycles. The molecule has 3 atom stereocenters. The van der Waals surface area contributed by atoms with Crippen LogP contribution in [0, 0.1) is 12.8 Å². The maximum Gasteiger partial charge on any atom is 0.326 e. The maximum absolute atomic E-state index is 13.3. The van der Waals surface area contributed by atoms with Crippen molar-refractivity contribution >= 4 is 17.3 Å². The number of nitrogens with zero attached hydrogens (tertiary/aromatic N) is 2. The number of carbonyl (C=O) groups excluding carboxylic acids is 1. The standard InChI is InChI=1S/C20H29N3O3S/c1-12(2)10-20(18(24)25-19(4,5)6)11-14(17-21-13(3)23-26-17)16(22-20)15-8-7-9-27-15/h7-9,12,14,16,22H,10-11H2,1-6H3/t14-,16+,20-/m0/s1. The van der Waals surface area contributed by atoms with Crippen LogP contribution in [0.5, 0.6) is 0 Å². The van der Waals surface area contributed by atoms with Crippen molar-refractivity contribution in [3.8, 4) is 0 Å². The number of hydrogen-bond acceptors (Lipinski definition) is 7. The summed E-state index contributed by atoms with van der Waals surface area (Å²) in [5, 5.41) is 9.63. The first kappa shape index (κ1) is 20.0. The van der Waals surface area contributed by atoms with Gasteiger partial charge in [-0.25, -0.2) is 0 Å². The first-order valence-corrected chi connectivity index (χ1v) is 10.3. The Morgan fingerprint density at radius 1 is 1.48 bits per heavy atom. The number of aryl methyl sites for hydroxylation is 1. The van der Waals surface area contributed by atoms with Crippen LogP contribution in [0.3, 0.4) is 0 Å². The predicted molar refractivity (Wildman–Crippen MR) is 105 cm³/mol. The largest absolute Gasteiger partial charge is 0.459 e. The molecule has 1 N–H and O–H groups in total. The number of thiophene rings is 1. The maximum atomic E-state index is 13.3. The Morgan fingerprint density at radius 3 is 2.74 bits per heavy atom. The zero-order valence-corrected chi connectivity index (χ0v) is 17.7. The van der Waals surface area contributed by atoms with E-state index in [4.69, 9.17) is 9.26 Å². The fourth-order valence-corrected chi connectivity index (χ4v) is 4.66. The molecule has 6 nitrogen and oxygen atoms in total. The molecule has 0 aliphatic carbocycles. The van der Waals surface area contributed by atoms with Crippen molar-refractivity contribution in [1.82, 2.24) is 15.5 Å². The van der Waals surface area contributed by atoms with E-state index < -0.39 is 11.1 Å². The van der Waals surface area contributed by atoms with Crippen LogP contribution in [0.15, 0.2) is 22.0 Å². The van der Waals surface area contributed by atoms with Crippen LogP contribution in [0.4, 0.5) is 0 Å². The molecular weight excluding hydrogens is 362 g/mol. The Labute approximate surface area is 164 Å². The van der Waals surface area contributed by atoms with Gasteiger partial charge in [0.15, 0.2) is 5.82 Å². The van der Waals surface area contributed by atoms with Crippen LogP contribution in [0.2, 0.25) is 0 Å². The van der Waals surface area contributed by atoms with Gasteiger partial charge in [0.25, 0.3) is 0 Å². The lowest BCUT2D eigenvalue weighted by Crippen LogP contribution is -2.51. The van der Waals surface area contributed by atoms with Gasteiger partial charge < -0.3 is 9.26 Å². The zero-order valence-electron chi connectivity index (χ0n) is 16.9. The minimum atomic E-state index is -0.775. The van der Waals surface area contributed by atoms with Crippen molar-refractivity contribution < 1.29 is 14.1 Å². The fourth-order valence-electron chi connectivity index (χ4n) is 3.82. The van der Waals surface area contributed by atoms with Crippen LogP contribution in [-0.4, -0.2) is 27.2 Å². The van der Waals surface area contributed by atoms with Gasteiger partial charge in [0.1, 0.15) is 11.1 Å². The van der Waals surface area contributed by atoms with Gasteiger partial charge in [0.05, 0.1) is 12.0 Å². The SMILES string of the molecule is Cc1noc([C@H]2C[C@@](CC(C)C)(C(=O)OC(C)(C)C)N[C@H]2c2cccs2)n1. The minimum absolute atomic E-state index is 0.0591. The van der Waals surface area contributed by atoms with E-state index in [1.165, 1.54) is 0 Å². The highest BCUT2D eigenvalue weighted by Crippen LogP contribution is 2.48. The van der Waals surface area contributed by atoms with Gasteiger partial charge in [-0.05, 0) is 57.9 Å². The molecule has 0 radical (unpaired) electrons. The Balaban J connectivity index is 2.00. The molecule has 0 amide bonds. The van der Waals surface area contributed by atoms with Gasteiger partial charge in [-0.3, -0.25) is 10.1 Å². The van der Waals surface area contributed by atoms with Crippen LogP contribution >= 0.6 is 11.3 Å². The van der Waals surface area contributed by atoms with E-state index in [0.29, 0.717) is 30.5 Å². The molecule has 1 aliphatic rings. The molecule has 1 fully saturated rings. The van der Waals surface area contributed by atoms with Crippen molar-refractivity contribution in [1.29, 1.82) is 0 Å². The smallest absolute Gasteiger partial charge is 0.326 e. The summed E-state index contributed by atoms with van der Waals surface area (Å²) >= 11 is 1.67. The summed E-state index contributed by atoms with van der Waals surface area (Å²) in [4.78, 5) is 18.9. The highest BCUT2D eigenvalue weighted by atomic mass is 32.1. The lowest BCUT2D eigenvalue weighted by molar-refractivity contribution is -0.163. The highest BCUT2D eigenvalue weighted by Gasteiger charge is 2.54. The minimum Gasteiger partial charge on any atom is -0.459 e. The third-order valence-corrected chi connectivity index (χ3v) is 5.61. The second-order valence-electron chi connectivity index (χ2n) is 8.81. The van der Waals surface area contributed by atoms with Crippen molar-refractivity contribution in [2.75, 3.05) is 0 Å². The predicted octanol–water partition coefficient (Wildman–Crippen LogP) is 4.38. The van der Waals surface area contributed by atoms with E-state index in [-0.39, 0.29) is 17.9 Å². The van der Waals surface area contributed by atoms with E-state index in [1.54, 1.807) is 11.3 Å². The van der Waals surface area contributed by atoms with E-state index in [2.05, 4.69) is 35.4 Å². The molecule has 0 spiro atoms. The fraction of sp³-hybridized carbons (Fsp3) is 0.650. The highest BCUT2D eigenvalue weighted by molar-refractivity contribution is 7.10. The molecule has 0 bridgehead atoms. The van der Waals surface area contributed by atoms with Crippen molar-refractivity contribution in [2.24, 2.45) is 5.92 Å². The number of hydrogen-bond donors (Lipinski definition) is 1. The summed E-state index contributed by atoms with van der Waals surface area (Å²) in [5.74, 6) is 1.23. The lowest BCUT2D eigenvalue weighted by atomic mass is 9.84. The molecule has 2 aromatic rings. The molecule has 0 unspecified atom stereocenters. The molecule has 0 aromatic carbocycles. The van der Waals surface area contributed by atoms with Gasteiger partial charge in [0.2, 0.25) is 5.89 Å². The van der Waals surface area contributed by atoms with E-state index in [9.17, 15) is 4.79 Å². The number of ether oxygens (including phenoxy) is 1. The van der Waals surface area contributed by atoms with Crippen molar-refractivity contribution in [3.63, 3.8) is 0 Å². The second-order valence-corrected chi connectivity index (χ2v) is 9.79. The first-order chi connectivity index (χ1) is 12.6. The summed E-state index contributed by atoms with van der Waals surface area (Å²) in [6.45, 7) is 11.8. The molecule has 0 saturated carbocycles. The van der Waals surface area contributed by atoms with Gasteiger partial charge in [-0.2, -0.15) is 4.98 Å². The van der Waals surface area contributed by atoms with E-state index >= 15 is 0 Å². The normalized spacial score (nSPS) is 25.9. The third kappa shape index (κ3) is 4.41. The van der Waals surface area contributed by atoms with Crippen molar-refractivity contribution in [3.05, 3.63) is 34.1 Å². The Bertz CT molecular complexity index is 779. The summed E-state index contributed by atoms with van der Waals surface area (Å²) < 4.78 is 11.3. The molecule has 3 heterocycles. The zero-order chi connectivity index (χ0) is 19.8. The van der Waals surface area contributed by atoms with Gasteiger partial charge in [-0.1, -0.05) is 25.1 Å². The molecule has 3 rings (SSSR count). The van der Waals surface area contributed by atoms with Gasteiger partial charge in [0, 0.05) is 4.88 Å². The summed E-state index contributed by atoms with van der Waals surface area (Å²) in [7, 11) is 0. The third-order valence-electron chi connectivity index (χ3n) is 4.66. The topological polar surface area (TPSA) is 77.2 Å². The monoisotopic (exact) mass is 391 g/mol. The number of esters is 1.